The fourth-order valence-electron chi connectivity index (χ4n) is 8.81. The summed E-state index contributed by atoms with van der Waals surface area (Å²) < 4.78 is 66.0. The van der Waals surface area contributed by atoms with E-state index < -0.39 is 60.8 Å². The summed E-state index contributed by atoms with van der Waals surface area (Å²) in [4.78, 5) is 0.227. The maximum absolute atomic E-state index is 15.1. The van der Waals surface area contributed by atoms with Crippen molar-refractivity contribution in [3.05, 3.63) is 30.3 Å². The molecule has 1 saturated heterocycles. The van der Waals surface area contributed by atoms with Crippen LogP contribution in [0.3, 0.4) is 0 Å². The highest BCUT2D eigenvalue weighted by atomic mass is 32.2. The quantitative estimate of drug-likeness (QED) is 0.122. The number of rotatable bonds is 21. The first-order valence-electron chi connectivity index (χ1n) is 25.3. The van der Waals surface area contributed by atoms with Gasteiger partial charge in [0.05, 0.1) is 34.6 Å². The molecule has 1 aromatic rings. The third kappa shape index (κ3) is 15.4. The molecular weight excluding hydrogens is 897 g/mol. The van der Waals surface area contributed by atoms with E-state index in [1.165, 1.54) is 0 Å². The Hall–Kier alpha value is -0.202. The number of hydrogen-bond acceptors (Lipinski definition) is 8. The van der Waals surface area contributed by atoms with Crippen molar-refractivity contribution in [1.29, 1.82) is 0 Å². The van der Waals surface area contributed by atoms with Gasteiger partial charge in [0.1, 0.15) is 0 Å². The molecule has 1 aliphatic rings. The van der Waals surface area contributed by atoms with Crippen LogP contribution in [0.5, 0.6) is 0 Å². The van der Waals surface area contributed by atoms with E-state index in [2.05, 4.69) is 171 Å². The molecule has 0 aliphatic carbocycles. The highest BCUT2D eigenvalue weighted by molar-refractivity contribution is 7.92. The predicted molar refractivity (Wildman–Crippen MR) is 287 cm³/mol. The average molecular weight is 1000 g/mol. The lowest BCUT2D eigenvalue weighted by Gasteiger charge is -2.55. The van der Waals surface area contributed by atoms with Crippen LogP contribution in [-0.2, 0) is 32.0 Å². The van der Waals surface area contributed by atoms with Gasteiger partial charge >= 0.3 is 8.56 Å². The van der Waals surface area contributed by atoms with E-state index in [-0.39, 0.29) is 73.1 Å². The maximum atomic E-state index is 15.1. The van der Waals surface area contributed by atoms with Crippen LogP contribution in [0.25, 0.3) is 0 Å². The summed E-state index contributed by atoms with van der Waals surface area (Å²) in [5.74, 6) is 0.0686. The van der Waals surface area contributed by atoms with Crippen LogP contribution < -0.4 is 0 Å². The van der Waals surface area contributed by atoms with Crippen LogP contribution in [0, 0.1) is 17.8 Å². The van der Waals surface area contributed by atoms with Crippen LogP contribution in [0.15, 0.2) is 35.2 Å². The molecular formula is C52H104O8SSi4. The van der Waals surface area contributed by atoms with Gasteiger partial charge < -0.3 is 27.2 Å². The zero-order valence-corrected chi connectivity index (χ0v) is 51.6. The second-order valence-electron chi connectivity index (χ2n) is 27.0. The Labute approximate surface area is 406 Å². The first-order chi connectivity index (χ1) is 29.0. The van der Waals surface area contributed by atoms with E-state index in [1.54, 1.807) is 24.3 Å². The van der Waals surface area contributed by atoms with E-state index in [0.717, 1.165) is 25.9 Å². The standard InChI is InChI=1S/C52H104O8SSi4/c1-26-41(37-56-62(20,21)48(5,6)7)32-33-44(58-63(22,23)49(8,9)10)40(4)46(59-64(24,25)50(11,12)13)36-43(53)47(61(54,55)42-30-28-27-29-31-42)34-38(2)45-35-39(3)57-65(60-45,51(14,15)16)52(17,18)19/h27-31,38-41,43-47,53H,26,32-37H2,1-25H3/t38-,39+,40+,41+,43?,44-,45-,46-,47?/m0/s1. The van der Waals surface area contributed by atoms with Crippen molar-refractivity contribution in [2.24, 2.45) is 17.8 Å². The van der Waals surface area contributed by atoms with E-state index in [9.17, 15) is 5.11 Å². The molecule has 1 fully saturated rings. The van der Waals surface area contributed by atoms with Crippen LogP contribution in [-0.4, -0.2) is 89.4 Å². The summed E-state index contributed by atoms with van der Waals surface area (Å²) in [5, 5.41) is 11.3. The fourth-order valence-corrected chi connectivity index (χ4v) is 19.9. The summed E-state index contributed by atoms with van der Waals surface area (Å²) in [6.07, 6.45) is 1.79. The number of sulfone groups is 1. The van der Waals surface area contributed by atoms with Crippen LogP contribution in [0.1, 0.15) is 170 Å². The average Bonchev–Trinajstić information content (AvgIpc) is 3.13. The van der Waals surface area contributed by atoms with Gasteiger partial charge in [-0.05, 0) is 117 Å². The van der Waals surface area contributed by atoms with Crippen molar-refractivity contribution >= 4 is 43.4 Å². The molecule has 2 unspecified atom stereocenters. The van der Waals surface area contributed by atoms with E-state index >= 15 is 8.42 Å². The Kier molecular flexibility index (Phi) is 20.7. The molecule has 65 heavy (non-hydrogen) atoms. The fraction of sp³-hybridized carbons (Fsp3) is 0.885. The van der Waals surface area contributed by atoms with Crippen LogP contribution in [0.2, 0.25) is 64.5 Å². The number of aliphatic hydroxyl groups is 1. The van der Waals surface area contributed by atoms with Crippen LogP contribution >= 0.6 is 0 Å². The lowest BCUT2D eigenvalue weighted by atomic mass is 9.87. The molecule has 13 heteroatoms. The molecule has 0 amide bonds. The maximum Gasteiger partial charge on any atom is 0.349 e. The van der Waals surface area contributed by atoms with Crippen LogP contribution in [0.4, 0.5) is 0 Å². The molecule has 0 bridgehead atoms. The molecule has 2 rings (SSSR count). The van der Waals surface area contributed by atoms with Gasteiger partial charge in [-0.2, -0.15) is 0 Å². The van der Waals surface area contributed by atoms with Gasteiger partial charge in [-0.15, -0.1) is 0 Å². The van der Waals surface area contributed by atoms with E-state index in [4.69, 9.17) is 22.1 Å². The van der Waals surface area contributed by atoms with Crippen molar-refractivity contribution in [1.82, 2.24) is 0 Å². The first kappa shape index (κ1) is 60.9. The van der Waals surface area contributed by atoms with Crippen molar-refractivity contribution in [3.8, 4) is 0 Å². The number of benzene rings is 1. The summed E-state index contributed by atoms with van der Waals surface area (Å²) in [6.45, 7) is 57.1. The Morgan fingerprint density at radius 2 is 1.17 bits per heavy atom. The number of hydrogen-bond donors (Lipinski definition) is 1. The Morgan fingerprint density at radius 3 is 1.60 bits per heavy atom. The number of aliphatic hydroxyl groups excluding tert-OH is 1. The van der Waals surface area contributed by atoms with Gasteiger partial charge in [0.15, 0.2) is 34.8 Å². The minimum absolute atomic E-state index is 0.0228. The van der Waals surface area contributed by atoms with Crippen molar-refractivity contribution in [3.63, 3.8) is 0 Å². The Bertz CT molecular complexity index is 1700. The zero-order valence-electron chi connectivity index (χ0n) is 46.7. The highest BCUT2D eigenvalue weighted by Crippen LogP contribution is 2.56. The molecule has 8 nitrogen and oxygen atoms in total. The minimum Gasteiger partial charge on any atom is -0.417 e. The summed E-state index contributed by atoms with van der Waals surface area (Å²) in [6, 6.07) is 8.70. The molecule has 1 aliphatic heterocycles. The SMILES string of the molecule is CC[C@H](CC[C@H](O[Si](C)(C)C(C)(C)C)[C@@H](C)[C@H](CC(O)C(C[C@H](C)[C@@H]1C[C@@H](C)O[Si](C(C)(C)C)(C(C)(C)C)O1)S(=O)(=O)c1ccccc1)O[Si](C)(C)C(C)(C)C)CO[Si](C)(C)C(C)(C)C. The molecule has 9 atom stereocenters. The van der Waals surface area contributed by atoms with Crippen molar-refractivity contribution < 1.29 is 35.7 Å². The molecule has 1 aromatic carbocycles. The lowest BCUT2D eigenvalue weighted by Crippen LogP contribution is -2.64. The molecule has 0 radical (unpaired) electrons. The summed E-state index contributed by atoms with van der Waals surface area (Å²) in [5.41, 5.74) is 0. The Morgan fingerprint density at radius 1 is 0.708 bits per heavy atom. The molecule has 1 N–H and O–H groups in total. The normalized spacial score (nSPS) is 22.2. The predicted octanol–water partition coefficient (Wildman–Crippen LogP) is 15.1. The molecule has 0 spiro atoms. The van der Waals surface area contributed by atoms with Gasteiger partial charge in [0.25, 0.3) is 0 Å². The minimum atomic E-state index is -4.00. The molecule has 382 valence electrons. The molecule has 1 heterocycles. The third-order valence-electron chi connectivity index (χ3n) is 16.4. The highest BCUT2D eigenvalue weighted by Gasteiger charge is 2.62. The lowest BCUT2D eigenvalue weighted by molar-refractivity contribution is -0.0421. The second-order valence-corrected chi connectivity index (χ2v) is 48.2. The van der Waals surface area contributed by atoms with Crippen molar-refractivity contribution in [2.75, 3.05) is 6.61 Å². The van der Waals surface area contributed by atoms with Gasteiger partial charge in [-0.3, -0.25) is 0 Å². The van der Waals surface area contributed by atoms with Gasteiger partial charge in [-0.1, -0.05) is 149 Å². The molecule has 0 saturated carbocycles. The topological polar surface area (TPSA) is 101 Å². The summed E-state index contributed by atoms with van der Waals surface area (Å²) in [7, 11) is -13.6. The van der Waals surface area contributed by atoms with Gasteiger partial charge in [0, 0.05) is 28.7 Å². The monoisotopic (exact) mass is 1000 g/mol. The van der Waals surface area contributed by atoms with Gasteiger partial charge in [0.2, 0.25) is 0 Å². The zero-order chi connectivity index (χ0) is 50.8. The Balaban J connectivity index is 2.75. The third-order valence-corrected chi connectivity index (χ3v) is 37.5. The first-order valence-corrected chi connectivity index (χ1v) is 37.4. The summed E-state index contributed by atoms with van der Waals surface area (Å²) >= 11 is 0. The van der Waals surface area contributed by atoms with E-state index in [1.807, 2.05) is 6.07 Å². The van der Waals surface area contributed by atoms with Crippen molar-refractivity contribution in [2.45, 2.75) is 275 Å². The molecule has 0 aromatic heterocycles. The smallest absolute Gasteiger partial charge is 0.349 e. The van der Waals surface area contributed by atoms with Gasteiger partial charge in [-0.25, -0.2) is 8.42 Å². The van der Waals surface area contributed by atoms with E-state index in [0.29, 0.717) is 12.3 Å². The largest absolute Gasteiger partial charge is 0.417 e. The second kappa shape index (κ2) is 22.1.